The second-order valence-corrected chi connectivity index (χ2v) is 5.25. The van der Waals surface area contributed by atoms with Crippen LogP contribution in [0.25, 0.3) is 0 Å². The molecule has 1 N–H and O–H groups in total. The van der Waals surface area contributed by atoms with Crippen molar-refractivity contribution in [3.63, 3.8) is 0 Å². The Kier molecular flexibility index (Phi) is 3.65. The fourth-order valence-corrected chi connectivity index (χ4v) is 3.32. The summed E-state index contributed by atoms with van der Waals surface area (Å²) in [6.45, 7) is 7.97. The number of nitrogens with one attached hydrogen (secondary N) is 1. The largest absolute Gasteiger partial charge is 0.383 e. The van der Waals surface area contributed by atoms with Gasteiger partial charge in [0, 0.05) is 25.7 Å². The van der Waals surface area contributed by atoms with Crippen molar-refractivity contribution in [1.29, 1.82) is 0 Å². The zero-order valence-electron chi connectivity index (χ0n) is 10.1. The Morgan fingerprint density at radius 3 is 3.13 bits per heavy atom. The standard InChI is InChI=1S/C12H24N2O/c1-11-8-12(10-13-9-11)4-3-5-14(12)6-7-15-2/h11,13H,3-10H2,1-2H3. The second kappa shape index (κ2) is 4.81. The Morgan fingerprint density at radius 1 is 1.53 bits per heavy atom. The van der Waals surface area contributed by atoms with Crippen molar-refractivity contribution in [1.82, 2.24) is 10.2 Å². The van der Waals surface area contributed by atoms with E-state index < -0.39 is 0 Å². The maximum atomic E-state index is 5.20. The minimum Gasteiger partial charge on any atom is -0.383 e. The van der Waals surface area contributed by atoms with E-state index in [1.807, 2.05) is 0 Å². The number of ether oxygens (including phenoxy) is 1. The van der Waals surface area contributed by atoms with Gasteiger partial charge < -0.3 is 10.1 Å². The average Bonchev–Trinajstić information content (AvgIpc) is 2.58. The molecule has 2 atom stereocenters. The number of rotatable bonds is 3. The summed E-state index contributed by atoms with van der Waals surface area (Å²) in [7, 11) is 1.80. The maximum Gasteiger partial charge on any atom is 0.0589 e. The molecule has 0 bridgehead atoms. The predicted molar refractivity (Wildman–Crippen MR) is 62.1 cm³/mol. The summed E-state index contributed by atoms with van der Waals surface area (Å²) in [5.41, 5.74) is 0.455. The summed E-state index contributed by atoms with van der Waals surface area (Å²) in [6, 6.07) is 0. The van der Waals surface area contributed by atoms with Gasteiger partial charge in [0.1, 0.15) is 0 Å². The van der Waals surface area contributed by atoms with E-state index in [2.05, 4.69) is 17.1 Å². The van der Waals surface area contributed by atoms with Crippen LogP contribution >= 0.6 is 0 Å². The Hall–Kier alpha value is -0.120. The van der Waals surface area contributed by atoms with Crippen molar-refractivity contribution >= 4 is 0 Å². The lowest BCUT2D eigenvalue weighted by Crippen LogP contribution is -2.57. The summed E-state index contributed by atoms with van der Waals surface area (Å²) in [4.78, 5) is 2.65. The minimum absolute atomic E-state index is 0.455. The minimum atomic E-state index is 0.455. The number of methoxy groups -OCH3 is 1. The molecule has 2 rings (SSSR count). The van der Waals surface area contributed by atoms with E-state index >= 15 is 0 Å². The van der Waals surface area contributed by atoms with Crippen molar-refractivity contribution in [2.45, 2.75) is 31.7 Å². The Morgan fingerprint density at radius 2 is 2.40 bits per heavy atom. The Bertz CT molecular complexity index is 210. The summed E-state index contributed by atoms with van der Waals surface area (Å²) in [6.07, 6.45) is 4.09. The molecule has 2 fully saturated rings. The normalized spacial score (nSPS) is 37.6. The monoisotopic (exact) mass is 212 g/mol. The molecule has 0 aromatic carbocycles. The van der Waals surface area contributed by atoms with Gasteiger partial charge in [-0.25, -0.2) is 0 Å². The van der Waals surface area contributed by atoms with E-state index in [9.17, 15) is 0 Å². The lowest BCUT2D eigenvalue weighted by atomic mass is 9.82. The lowest BCUT2D eigenvalue weighted by molar-refractivity contribution is 0.0574. The van der Waals surface area contributed by atoms with Crippen LogP contribution < -0.4 is 5.32 Å². The van der Waals surface area contributed by atoms with E-state index in [1.54, 1.807) is 7.11 Å². The van der Waals surface area contributed by atoms with Gasteiger partial charge in [0.2, 0.25) is 0 Å². The lowest BCUT2D eigenvalue weighted by Gasteiger charge is -2.44. The first-order valence-electron chi connectivity index (χ1n) is 6.21. The number of nitrogens with zero attached hydrogens (tertiary/aromatic N) is 1. The highest BCUT2D eigenvalue weighted by Crippen LogP contribution is 2.36. The molecule has 88 valence electrons. The van der Waals surface area contributed by atoms with Crippen LogP contribution in [0, 0.1) is 5.92 Å². The molecular weight excluding hydrogens is 188 g/mol. The van der Waals surface area contributed by atoms with Gasteiger partial charge in [0.15, 0.2) is 0 Å². The first kappa shape index (κ1) is 11.4. The third-order valence-corrected chi connectivity index (χ3v) is 3.98. The van der Waals surface area contributed by atoms with Crippen molar-refractivity contribution in [2.24, 2.45) is 5.92 Å². The molecule has 15 heavy (non-hydrogen) atoms. The molecule has 2 heterocycles. The van der Waals surface area contributed by atoms with Gasteiger partial charge in [-0.3, -0.25) is 4.90 Å². The van der Waals surface area contributed by atoms with Gasteiger partial charge in [0.25, 0.3) is 0 Å². The summed E-state index contributed by atoms with van der Waals surface area (Å²) >= 11 is 0. The molecule has 0 amide bonds. The van der Waals surface area contributed by atoms with Gasteiger partial charge in [-0.15, -0.1) is 0 Å². The quantitative estimate of drug-likeness (QED) is 0.758. The number of likely N-dealkylation sites (tertiary alicyclic amines) is 1. The predicted octanol–water partition coefficient (Wildman–Crippen LogP) is 1.10. The highest BCUT2D eigenvalue weighted by molar-refractivity contribution is 5.00. The fourth-order valence-electron chi connectivity index (χ4n) is 3.32. The number of hydrogen-bond acceptors (Lipinski definition) is 3. The third kappa shape index (κ3) is 2.35. The maximum absolute atomic E-state index is 5.20. The van der Waals surface area contributed by atoms with Crippen LogP contribution in [0.2, 0.25) is 0 Å². The van der Waals surface area contributed by atoms with Crippen molar-refractivity contribution in [3.05, 3.63) is 0 Å². The molecule has 0 aliphatic carbocycles. The third-order valence-electron chi connectivity index (χ3n) is 3.98. The van der Waals surface area contributed by atoms with Crippen LogP contribution in [0.3, 0.4) is 0 Å². The van der Waals surface area contributed by atoms with Crippen LogP contribution in [0.5, 0.6) is 0 Å². The van der Waals surface area contributed by atoms with Crippen molar-refractivity contribution in [2.75, 3.05) is 39.9 Å². The second-order valence-electron chi connectivity index (χ2n) is 5.25. The molecule has 3 heteroatoms. The molecule has 0 aromatic heterocycles. The number of hydrogen-bond donors (Lipinski definition) is 1. The molecule has 0 aromatic rings. The van der Waals surface area contributed by atoms with E-state index in [4.69, 9.17) is 4.74 Å². The molecule has 1 spiro atoms. The van der Waals surface area contributed by atoms with E-state index in [1.165, 1.54) is 38.9 Å². The van der Waals surface area contributed by atoms with E-state index in [0.717, 1.165) is 19.1 Å². The molecular formula is C12H24N2O. The van der Waals surface area contributed by atoms with Crippen LogP contribution in [0.15, 0.2) is 0 Å². The molecule has 2 aliphatic heterocycles. The van der Waals surface area contributed by atoms with Crippen molar-refractivity contribution < 1.29 is 4.74 Å². The first-order valence-corrected chi connectivity index (χ1v) is 6.21. The van der Waals surface area contributed by atoms with E-state index in [-0.39, 0.29) is 0 Å². The fraction of sp³-hybridized carbons (Fsp3) is 1.00. The van der Waals surface area contributed by atoms with Crippen LogP contribution in [-0.2, 0) is 4.74 Å². The van der Waals surface area contributed by atoms with E-state index in [0.29, 0.717) is 5.54 Å². The molecule has 2 saturated heterocycles. The van der Waals surface area contributed by atoms with Crippen LogP contribution in [0.1, 0.15) is 26.2 Å². The van der Waals surface area contributed by atoms with Gasteiger partial charge >= 0.3 is 0 Å². The summed E-state index contributed by atoms with van der Waals surface area (Å²) in [5.74, 6) is 0.821. The van der Waals surface area contributed by atoms with Gasteiger partial charge in [0.05, 0.1) is 6.61 Å². The zero-order chi connectivity index (χ0) is 10.7. The van der Waals surface area contributed by atoms with Crippen LogP contribution in [-0.4, -0.2) is 50.3 Å². The molecule has 2 unspecified atom stereocenters. The highest BCUT2D eigenvalue weighted by Gasteiger charge is 2.42. The Balaban J connectivity index is 1.97. The molecule has 0 saturated carbocycles. The molecule has 0 radical (unpaired) electrons. The van der Waals surface area contributed by atoms with Gasteiger partial charge in [-0.2, -0.15) is 0 Å². The topological polar surface area (TPSA) is 24.5 Å². The van der Waals surface area contributed by atoms with Crippen LogP contribution in [0.4, 0.5) is 0 Å². The molecule has 3 nitrogen and oxygen atoms in total. The highest BCUT2D eigenvalue weighted by atomic mass is 16.5. The average molecular weight is 212 g/mol. The summed E-state index contributed by atoms with van der Waals surface area (Å²) < 4.78 is 5.20. The first-order chi connectivity index (χ1) is 7.27. The smallest absolute Gasteiger partial charge is 0.0589 e. The SMILES string of the molecule is COCCN1CCCC12CNCC(C)C2. The number of piperidine rings is 1. The summed E-state index contributed by atoms with van der Waals surface area (Å²) in [5, 5.41) is 3.59. The van der Waals surface area contributed by atoms with Gasteiger partial charge in [-0.1, -0.05) is 6.92 Å². The molecule has 2 aliphatic rings. The Labute approximate surface area is 93.2 Å². The zero-order valence-corrected chi connectivity index (χ0v) is 10.1. The van der Waals surface area contributed by atoms with Crippen molar-refractivity contribution in [3.8, 4) is 0 Å². The van der Waals surface area contributed by atoms with Gasteiger partial charge in [-0.05, 0) is 38.3 Å².